The Morgan fingerprint density at radius 3 is 2.50 bits per heavy atom. The maximum absolute atomic E-state index is 11.2. The van der Waals surface area contributed by atoms with Gasteiger partial charge in [0.2, 0.25) is 6.33 Å². The summed E-state index contributed by atoms with van der Waals surface area (Å²) in [7, 11) is 0. The van der Waals surface area contributed by atoms with Crippen molar-refractivity contribution in [3.8, 4) is 0 Å². The van der Waals surface area contributed by atoms with Gasteiger partial charge in [-0.2, -0.15) is 4.68 Å². The minimum atomic E-state index is -1.26. The number of nitro groups is 1. The van der Waals surface area contributed by atoms with Gasteiger partial charge in [-0.15, -0.1) is 0 Å². The molecule has 8 nitrogen and oxygen atoms in total. The number of carboxylic acid groups (broad SMARTS) is 1. The molecular weight excluding hydrogens is 216 g/mol. The quantitative estimate of drug-likeness (QED) is 0.589. The monoisotopic (exact) mass is 228 g/mol. The summed E-state index contributed by atoms with van der Waals surface area (Å²) in [6.45, 7) is 3.37. The Bertz CT molecular complexity index is 410. The van der Waals surface area contributed by atoms with E-state index in [1.54, 1.807) is 13.8 Å². The summed E-state index contributed by atoms with van der Waals surface area (Å²) in [6, 6.07) is 0. The van der Waals surface area contributed by atoms with Crippen molar-refractivity contribution in [2.24, 2.45) is 0 Å². The van der Waals surface area contributed by atoms with E-state index in [1.807, 2.05) is 0 Å². The van der Waals surface area contributed by atoms with Crippen molar-refractivity contribution in [3.05, 3.63) is 16.4 Å². The fraction of sp³-hybridized carbons (Fsp3) is 0.625. The molecule has 0 unspecified atom stereocenters. The molecule has 1 rings (SSSR count). The minimum Gasteiger partial charge on any atom is -0.479 e. The summed E-state index contributed by atoms with van der Waals surface area (Å²) >= 11 is 0. The molecule has 0 fully saturated rings. The Morgan fingerprint density at radius 1 is 1.62 bits per heavy atom. The molecule has 0 aliphatic carbocycles. The van der Waals surface area contributed by atoms with E-state index in [0.717, 1.165) is 11.0 Å². The molecule has 1 aromatic rings. The van der Waals surface area contributed by atoms with E-state index >= 15 is 0 Å². The smallest absolute Gasteiger partial charge is 0.479 e. The molecule has 1 heterocycles. The van der Waals surface area contributed by atoms with E-state index in [2.05, 4.69) is 10.1 Å². The van der Waals surface area contributed by atoms with Crippen LogP contribution >= 0.6 is 0 Å². The topological polar surface area (TPSA) is 111 Å². The van der Waals surface area contributed by atoms with Crippen LogP contribution in [0.2, 0.25) is 0 Å². The number of carboxylic acids is 1. The first-order valence-electron chi connectivity index (χ1n) is 4.78. The molecule has 88 valence electrons. The van der Waals surface area contributed by atoms with E-state index in [4.69, 9.17) is 5.11 Å². The van der Waals surface area contributed by atoms with Crippen molar-refractivity contribution in [1.82, 2.24) is 14.8 Å². The molecule has 0 radical (unpaired) electrons. The maximum atomic E-state index is 11.2. The molecule has 0 aliphatic rings. The van der Waals surface area contributed by atoms with Crippen LogP contribution in [-0.2, 0) is 10.3 Å². The van der Waals surface area contributed by atoms with Crippen LogP contribution in [0.3, 0.4) is 0 Å². The Kier molecular flexibility index (Phi) is 3.21. The maximum Gasteiger partial charge on any atom is 0.490 e. The number of hydrogen-bond donors (Lipinski definition) is 1. The summed E-state index contributed by atoms with van der Waals surface area (Å²) < 4.78 is 1.05. The summed E-state index contributed by atoms with van der Waals surface area (Å²) in [5.41, 5.74) is -1.26. The number of carbonyl (C=O) groups is 1. The lowest BCUT2D eigenvalue weighted by atomic mass is 9.93. The Balaban J connectivity index is 3.21. The van der Waals surface area contributed by atoms with Gasteiger partial charge in [0.1, 0.15) is 0 Å². The summed E-state index contributed by atoms with van der Waals surface area (Å²) in [5, 5.41) is 23.1. The van der Waals surface area contributed by atoms with Gasteiger partial charge in [0, 0.05) is 5.10 Å². The predicted molar refractivity (Wildman–Crippen MR) is 52.9 cm³/mol. The highest BCUT2D eigenvalue weighted by molar-refractivity contribution is 5.76. The van der Waals surface area contributed by atoms with E-state index in [1.165, 1.54) is 0 Å². The Hall–Kier alpha value is -1.99. The number of hydrogen-bond acceptors (Lipinski definition) is 5. The van der Waals surface area contributed by atoms with Gasteiger partial charge >= 0.3 is 11.9 Å². The summed E-state index contributed by atoms with van der Waals surface area (Å²) in [4.78, 5) is 24.3. The van der Waals surface area contributed by atoms with Crippen LogP contribution in [0, 0.1) is 10.1 Å². The molecule has 0 aliphatic heterocycles. The molecule has 0 atom stereocenters. The van der Waals surface area contributed by atoms with Crippen LogP contribution in [0.5, 0.6) is 0 Å². The molecule has 1 aromatic heterocycles. The van der Waals surface area contributed by atoms with Gasteiger partial charge in [0.05, 0.1) is 0 Å². The van der Waals surface area contributed by atoms with Gasteiger partial charge in [-0.05, 0) is 17.8 Å². The Morgan fingerprint density at radius 2 is 2.19 bits per heavy atom. The number of aliphatic carboxylic acids is 1. The highest BCUT2D eigenvalue weighted by atomic mass is 16.6. The van der Waals surface area contributed by atoms with Gasteiger partial charge in [0.15, 0.2) is 5.54 Å². The molecule has 0 spiro atoms. The molecule has 1 N–H and O–H groups in total. The van der Waals surface area contributed by atoms with Crippen molar-refractivity contribution in [2.45, 2.75) is 32.2 Å². The SMILES string of the molecule is CCC(CC)(C(=O)O)n1cnc([N+](=O)[O-])n1. The lowest BCUT2D eigenvalue weighted by Crippen LogP contribution is -2.41. The van der Waals surface area contributed by atoms with Crippen LogP contribution in [0.25, 0.3) is 0 Å². The molecule has 0 amide bonds. The van der Waals surface area contributed by atoms with Gasteiger partial charge in [-0.1, -0.05) is 18.8 Å². The van der Waals surface area contributed by atoms with Crippen molar-refractivity contribution >= 4 is 11.9 Å². The van der Waals surface area contributed by atoms with Crippen LogP contribution in [0.4, 0.5) is 5.95 Å². The van der Waals surface area contributed by atoms with Gasteiger partial charge in [-0.25, -0.2) is 4.79 Å². The number of aromatic nitrogens is 3. The van der Waals surface area contributed by atoms with Crippen molar-refractivity contribution in [1.29, 1.82) is 0 Å². The van der Waals surface area contributed by atoms with Crippen molar-refractivity contribution < 1.29 is 14.8 Å². The third-order valence-corrected chi connectivity index (χ3v) is 2.65. The first kappa shape index (κ1) is 12.1. The lowest BCUT2D eigenvalue weighted by Gasteiger charge is -2.23. The standard InChI is InChI=1S/C8H12N4O4/c1-3-8(4-2,6(13)14)11-5-9-7(10-11)12(15)16/h5H,3-4H2,1-2H3,(H,13,14). The molecule has 0 saturated heterocycles. The molecule has 0 bridgehead atoms. The second kappa shape index (κ2) is 4.25. The third kappa shape index (κ3) is 1.73. The fourth-order valence-electron chi connectivity index (χ4n) is 1.52. The first-order chi connectivity index (χ1) is 7.47. The van der Waals surface area contributed by atoms with Crippen LogP contribution in [0.1, 0.15) is 26.7 Å². The van der Waals surface area contributed by atoms with Gasteiger partial charge < -0.3 is 15.2 Å². The molecule has 8 heteroatoms. The fourth-order valence-corrected chi connectivity index (χ4v) is 1.52. The van der Waals surface area contributed by atoms with E-state index < -0.39 is 22.4 Å². The first-order valence-corrected chi connectivity index (χ1v) is 4.78. The average molecular weight is 228 g/mol. The normalized spacial score (nSPS) is 11.4. The van der Waals surface area contributed by atoms with E-state index in [-0.39, 0.29) is 12.8 Å². The van der Waals surface area contributed by atoms with E-state index in [0.29, 0.717) is 0 Å². The minimum absolute atomic E-state index is 0.277. The van der Waals surface area contributed by atoms with Gasteiger partial charge in [0.25, 0.3) is 0 Å². The molecule has 16 heavy (non-hydrogen) atoms. The van der Waals surface area contributed by atoms with E-state index in [9.17, 15) is 14.9 Å². The summed E-state index contributed by atoms with van der Waals surface area (Å²) in [5.74, 6) is -1.66. The van der Waals surface area contributed by atoms with Crippen molar-refractivity contribution in [3.63, 3.8) is 0 Å². The van der Waals surface area contributed by atoms with Crippen molar-refractivity contribution in [2.75, 3.05) is 0 Å². The average Bonchev–Trinajstić information content (AvgIpc) is 2.70. The summed E-state index contributed by atoms with van der Waals surface area (Å²) in [6.07, 6.45) is 1.64. The molecular formula is C8H12N4O4. The second-order valence-electron chi connectivity index (χ2n) is 3.29. The second-order valence-corrected chi connectivity index (χ2v) is 3.29. The third-order valence-electron chi connectivity index (χ3n) is 2.65. The zero-order valence-electron chi connectivity index (χ0n) is 8.95. The zero-order valence-corrected chi connectivity index (χ0v) is 8.95. The Labute approximate surface area is 91.1 Å². The number of nitrogens with zero attached hydrogens (tertiary/aromatic N) is 4. The predicted octanol–water partition coefficient (Wildman–Crippen LogP) is 0.786. The van der Waals surface area contributed by atoms with Crippen LogP contribution < -0.4 is 0 Å². The highest BCUT2D eigenvalue weighted by Crippen LogP contribution is 2.25. The largest absolute Gasteiger partial charge is 0.490 e. The lowest BCUT2D eigenvalue weighted by molar-refractivity contribution is -0.394. The molecule has 0 aromatic carbocycles. The van der Waals surface area contributed by atoms with Gasteiger partial charge in [-0.3, -0.25) is 0 Å². The zero-order chi connectivity index (χ0) is 12.3. The van der Waals surface area contributed by atoms with Crippen LogP contribution in [0.15, 0.2) is 6.33 Å². The number of rotatable bonds is 5. The highest BCUT2D eigenvalue weighted by Gasteiger charge is 2.41. The molecule has 0 saturated carbocycles. The van der Waals surface area contributed by atoms with Crippen LogP contribution in [-0.4, -0.2) is 30.8 Å².